The molecule has 0 atom stereocenters. The van der Waals surface area contributed by atoms with E-state index < -0.39 is 0 Å². The van der Waals surface area contributed by atoms with Crippen LogP contribution in [0.25, 0.3) is 0 Å². The smallest absolute Gasteiger partial charge is 0.161 e. The third-order valence-corrected chi connectivity index (χ3v) is 4.99. The monoisotopic (exact) mass is 384 g/mol. The molecule has 0 unspecified atom stereocenters. The van der Waals surface area contributed by atoms with Gasteiger partial charge in [-0.2, -0.15) is 0 Å². The average molecular weight is 385 g/mol. The lowest BCUT2D eigenvalue weighted by Gasteiger charge is -2.26. The molecular formula is C23H32N2O3. The lowest BCUT2D eigenvalue weighted by atomic mass is 10.1. The van der Waals surface area contributed by atoms with Crippen molar-refractivity contribution in [1.82, 2.24) is 10.2 Å². The molecule has 28 heavy (non-hydrogen) atoms. The second kappa shape index (κ2) is 11.1. The SMILES string of the molecule is CCOc1cc(CNCCN2CCOCC2)ccc1OCc1ccccc1C. The van der Waals surface area contributed by atoms with Gasteiger partial charge in [-0.3, -0.25) is 4.90 Å². The highest BCUT2D eigenvalue weighted by Crippen LogP contribution is 2.29. The number of morpholine rings is 1. The van der Waals surface area contributed by atoms with Crippen LogP contribution in [0.3, 0.4) is 0 Å². The van der Waals surface area contributed by atoms with Crippen molar-refractivity contribution in [2.75, 3.05) is 46.0 Å². The first kappa shape index (κ1) is 20.6. The number of aryl methyl sites for hydroxylation is 1. The van der Waals surface area contributed by atoms with E-state index in [1.54, 1.807) is 0 Å². The highest BCUT2D eigenvalue weighted by atomic mass is 16.5. The Hall–Kier alpha value is -2.08. The van der Waals surface area contributed by atoms with Crippen molar-refractivity contribution in [2.45, 2.75) is 27.0 Å². The fourth-order valence-electron chi connectivity index (χ4n) is 3.27. The van der Waals surface area contributed by atoms with Gasteiger partial charge in [0.15, 0.2) is 11.5 Å². The highest BCUT2D eigenvalue weighted by Gasteiger charge is 2.10. The number of ether oxygens (including phenoxy) is 3. The van der Waals surface area contributed by atoms with E-state index in [0.29, 0.717) is 13.2 Å². The number of hydrogen-bond donors (Lipinski definition) is 1. The summed E-state index contributed by atoms with van der Waals surface area (Å²) in [6.07, 6.45) is 0. The molecule has 152 valence electrons. The molecule has 0 spiro atoms. The summed E-state index contributed by atoms with van der Waals surface area (Å²) >= 11 is 0. The molecular weight excluding hydrogens is 352 g/mol. The molecule has 0 aromatic heterocycles. The molecule has 1 aliphatic heterocycles. The van der Waals surface area contributed by atoms with Gasteiger partial charge < -0.3 is 19.5 Å². The van der Waals surface area contributed by atoms with Gasteiger partial charge in [0.2, 0.25) is 0 Å². The predicted octanol–water partition coefficient (Wildman–Crippen LogP) is 3.39. The Morgan fingerprint density at radius 3 is 2.64 bits per heavy atom. The zero-order valence-electron chi connectivity index (χ0n) is 17.1. The molecule has 5 heteroatoms. The Bertz CT molecular complexity index is 730. The minimum atomic E-state index is 0.546. The van der Waals surface area contributed by atoms with Crippen LogP contribution in [0.1, 0.15) is 23.6 Å². The Labute approximate surface area is 168 Å². The largest absolute Gasteiger partial charge is 0.490 e. The highest BCUT2D eigenvalue weighted by molar-refractivity contribution is 5.43. The first-order valence-electron chi connectivity index (χ1n) is 10.2. The number of rotatable bonds is 10. The summed E-state index contributed by atoms with van der Waals surface area (Å²) in [5.74, 6) is 1.60. The first-order chi connectivity index (χ1) is 13.8. The van der Waals surface area contributed by atoms with Crippen LogP contribution in [0.15, 0.2) is 42.5 Å². The first-order valence-corrected chi connectivity index (χ1v) is 10.2. The van der Waals surface area contributed by atoms with Crippen molar-refractivity contribution >= 4 is 0 Å². The Kier molecular flexibility index (Phi) is 8.15. The summed E-state index contributed by atoms with van der Waals surface area (Å²) in [4.78, 5) is 2.44. The molecule has 2 aromatic carbocycles. The summed E-state index contributed by atoms with van der Waals surface area (Å²) in [6, 6.07) is 14.5. The lowest BCUT2D eigenvalue weighted by Crippen LogP contribution is -2.40. The van der Waals surface area contributed by atoms with Crippen LogP contribution in [0.4, 0.5) is 0 Å². The summed E-state index contributed by atoms with van der Waals surface area (Å²) in [7, 11) is 0. The third kappa shape index (κ3) is 6.23. The normalized spacial score (nSPS) is 14.8. The average Bonchev–Trinajstić information content (AvgIpc) is 2.73. The minimum Gasteiger partial charge on any atom is -0.490 e. The van der Waals surface area contributed by atoms with Gasteiger partial charge in [-0.05, 0) is 42.7 Å². The van der Waals surface area contributed by atoms with Crippen LogP contribution in [-0.2, 0) is 17.9 Å². The van der Waals surface area contributed by atoms with Crippen LogP contribution < -0.4 is 14.8 Å². The molecule has 1 saturated heterocycles. The molecule has 2 aromatic rings. The van der Waals surface area contributed by atoms with E-state index >= 15 is 0 Å². The Morgan fingerprint density at radius 1 is 1.04 bits per heavy atom. The van der Waals surface area contributed by atoms with E-state index in [1.165, 1.54) is 16.7 Å². The van der Waals surface area contributed by atoms with E-state index in [-0.39, 0.29) is 0 Å². The number of nitrogens with zero attached hydrogens (tertiary/aromatic N) is 1. The fourth-order valence-corrected chi connectivity index (χ4v) is 3.27. The molecule has 0 aliphatic carbocycles. The molecule has 0 radical (unpaired) electrons. The van der Waals surface area contributed by atoms with Gasteiger partial charge in [0.25, 0.3) is 0 Å². The minimum absolute atomic E-state index is 0.546. The summed E-state index contributed by atoms with van der Waals surface area (Å²) in [6.45, 7) is 11.9. The van der Waals surface area contributed by atoms with E-state index in [2.05, 4.69) is 41.4 Å². The molecule has 1 N–H and O–H groups in total. The quantitative estimate of drug-likeness (QED) is 0.636. The molecule has 1 fully saturated rings. The van der Waals surface area contributed by atoms with E-state index in [0.717, 1.165) is 57.4 Å². The van der Waals surface area contributed by atoms with Crippen molar-refractivity contribution in [3.8, 4) is 11.5 Å². The summed E-state index contributed by atoms with van der Waals surface area (Å²) in [5.41, 5.74) is 3.63. The van der Waals surface area contributed by atoms with Gasteiger partial charge in [0.1, 0.15) is 6.61 Å². The van der Waals surface area contributed by atoms with Crippen molar-refractivity contribution in [1.29, 1.82) is 0 Å². The number of nitrogens with one attached hydrogen (secondary N) is 1. The van der Waals surface area contributed by atoms with Crippen molar-refractivity contribution < 1.29 is 14.2 Å². The van der Waals surface area contributed by atoms with Gasteiger partial charge in [-0.15, -0.1) is 0 Å². The molecule has 0 bridgehead atoms. The van der Waals surface area contributed by atoms with Gasteiger partial charge in [0, 0.05) is 32.7 Å². The van der Waals surface area contributed by atoms with Gasteiger partial charge in [-0.1, -0.05) is 30.3 Å². The molecule has 5 nitrogen and oxygen atoms in total. The molecule has 0 amide bonds. The Balaban J connectivity index is 1.52. The van der Waals surface area contributed by atoms with E-state index in [4.69, 9.17) is 14.2 Å². The molecule has 1 heterocycles. The summed E-state index contributed by atoms with van der Waals surface area (Å²) in [5, 5.41) is 3.52. The van der Waals surface area contributed by atoms with Crippen LogP contribution in [0.2, 0.25) is 0 Å². The van der Waals surface area contributed by atoms with Crippen molar-refractivity contribution in [3.05, 3.63) is 59.2 Å². The predicted molar refractivity (Wildman–Crippen MR) is 112 cm³/mol. The third-order valence-electron chi connectivity index (χ3n) is 4.99. The van der Waals surface area contributed by atoms with Crippen molar-refractivity contribution in [3.63, 3.8) is 0 Å². The zero-order valence-corrected chi connectivity index (χ0v) is 17.1. The van der Waals surface area contributed by atoms with Gasteiger partial charge >= 0.3 is 0 Å². The standard InChI is InChI=1S/C23H32N2O3/c1-3-27-23-16-20(17-24-10-11-25-12-14-26-15-13-25)8-9-22(23)28-18-21-7-5-4-6-19(21)2/h4-9,16,24H,3,10-15,17-18H2,1-2H3. The maximum absolute atomic E-state index is 6.05. The Morgan fingerprint density at radius 2 is 1.86 bits per heavy atom. The van der Waals surface area contributed by atoms with E-state index in [1.807, 2.05) is 25.1 Å². The van der Waals surface area contributed by atoms with Gasteiger partial charge in [-0.25, -0.2) is 0 Å². The maximum atomic E-state index is 6.05. The fraction of sp³-hybridized carbons (Fsp3) is 0.478. The van der Waals surface area contributed by atoms with Gasteiger partial charge in [0.05, 0.1) is 19.8 Å². The van der Waals surface area contributed by atoms with E-state index in [9.17, 15) is 0 Å². The van der Waals surface area contributed by atoms with Crippen LogP contribution >= 0.6 is 0 Å². The molecule has 3 rings (SSSR count). The number of benzene rings is 2. The molecule has 1 aliphatic rings. The zero-order chi connectivity index (χ0) is 19.6. The maximum Gasteiger partial charge on any atom is 0.161 e. The topological polar surface area (TPSA) is 43.0 Å². The summed E-state index contributed by atoms with van der Waals surface area (Å²) < 4.78 is 17.3. The number of hydrogen-bond acceptors (Lipinski definition) is 5. The second-order valence-electron chi connectivity index (χ2n) is 7.06. The lowest BCUT2D eigenvalue weighted by molar-refractivity contribution is 0.0384. The van der Waals surface area contributed by atoms with Crippen LogP contribution in [0.5, 0.6) is 11.5 Å². The second-order valence-corrected chi connectivity index (χ2v) is 7.06. The van der Waals surface area contributed by atoms with Crippen molar-refractivity contribution in [2.24, 2.45) is 0 Å². The molecule has 0 saturated carbocycles. The van der Waals surface area contributed by atoms with Crippen LogP contribution in [0, 0.1) is 6.92 Å². The van der Waals surface area contributed by atoms with Crippen LogP contribution in [-0.4, -0.2) is 50.9 Å².